The summed E-state index contributed by atoms with van der Waals surface area (Å²) in [6, 6.07) is 0. The van der Waals surface area contributed by atoms with Gasteiger partial charge in [0.05, 0.1) is 130 Å². The molecule has 39 heteroatoms. The molecule has 0 aliphatic rings. The Balaban J connectivity index is 2.31. The van der Waals surface area contributed by atoms with Crippen LogP contribution in [0.25, 0.3) is 0 Å². The smallest absolute Gasteiger partial charge is 0.256 e. The number of aliphatic hydroxyl groups is 12. The molecule has 17 N–H and O–H groups in total. The topological polar surface area (TPSA) is 470 Å². The van der Waals surface area contributed by atoms with Crippen LogP contribution >= 0.6 is 203 Å². The predicted octanol–water partition coefficient (Wildman–Crippen LogP) is -1.03. The van der Waals surface area contributed by atoms with Crippen molar-refractivity contribution in [2.45, 2.75) is 43.0 Å². The first-order valence-corrected chi connectivity index (χ1v) is 35.3. The molecule has 0 radical (unpaired) electrons. The Morgan fingerprint density at radius 2 is 0.618 bits per heavy atom. The van der Waals surface area contributed by atoms with Gasteiger partial charge in [0, 0.05) is 77.7 Å². The molecule has 0 spiro atoms. The number of hydrogen-bond donors (Lipinski definition) is 17. The Morgan fingerprint density at radius 3 is 0.899 bits per heavy atom. The minimum Gasteiger partial charge on any atom is -0.394 e. The normalized spacial score (nSPS) is 13.3. The van der Waals surface area contributed by atoms with E-state index in [0.29, 0.717) is 0 Å². The second-order valence-electron chi connectivity index (χ2n) is 19.0. The molecular weight excluding hydrogens is 2200 g/mol. The summed E-state index contributed by atoms with van der Waals surface area (Å²) < 4.78 is 0.448. The zero-order valence-electron chi connectivity index (χ0n) is 46.6. The third-order valence-electron chi connectivity index (χ3n) is 12.4. The Hall–Kier alpha value is -1.02. The van der Waals surface area contributed by atoms with Crippen LogP contribution in [0.5, 0.6) is 0 Å². The molecule has 3 aromatic rings. The van der Waals surface area contributed by atoms with Gasteiger partial charge in [-0.2, -0.15) is 0 Å². The average Bonchev–Trinajstić information content (AvgIpc) is 0.869. The maximum Gasteiger partial charge on any atom is 0.256 e. The molecule has 3 aromatic carbocycles. The monoisotopic (exact) mass is 2260 g/mol. The molecule has 3 rings (SSSR count). The number of rotatable bonds is 31. The third kappa shape index (κ3) is 21.2. The fraction of sp³-hybridized carbons (Fsp3) is 0.460. The van der Waals surface area contributed by atoms with Crippen molar-refractivity contribution in [2.75, 3.05) is 123 Å². The standard InChI is InChI=1S/C50H60I9N9O21/c1-65(9-18(75)12-69)47(86)26-30(51)24(33(54)39(35(26)56)62-42(81)21(78)15-72)45(84)60-5-4-7-68(50(89)29-32(53)28(49(88)67(3)11-20(77)14-71)37(58)41(38(29)59)64-44(83)23(80)17-74)8-6-61-46(85)25-31(52)27(48(87)66(2)10-19(76)13-70)36(57)40(34(25)55)63-43(82)22(79)16-73/h18-23,69-80H,4-17H2,1-3H3,(H,60,84)(H,61,85)(H,62,81)(H,63,82)(H,64,83). The minimum absolute atomic E-state index is 0.00327. The summed E-state index contributed by atoms with van der Waals surface area (Å²) in [5, 5.41) is 131. The lowest BCUT2D eigenvalue weighted by Gasteiger charge is -2.28. The van der Waals surface area contributed by atoms with Gasteiger partial charge in [0.15, 0.2) is 18.3 Å². The van der Waals surface area contributed by atoms with Gasteiger partial charge in [0.25, 0.3) is 53.2 Å². The first-order chi connectivity index (χ1) is 41.6. The number of hydrogen-bond acceptors (Lipinski definition) is 21. The highest BCUT2D eigenvalue weighted by Crippen LogP contribution is 2.40. The van der Waals surface area contributed by atoms with Crippen LogP contribution in [0.3, 0.4) is 0 Å². The van der Waals surface area contributed by atoms with Crippen molar-refractivity contribution in [3.05, 3.63) is 65.5 Å². The molecule has 494 valence electrons. The van der Waals surface area contributed by atoms with E-state index in [1.165, 1.54) is 26.0 Å². The molecule has 6 unspecified atom stereocenters. The first kappa shape index (κ1) is 82.2. The molecule has 0 aliphatic carbocycles. The molecule has 0 saturated carbocycles. The first-order valence-electron chi connectivity index (χ1n) is 25.5. The van der Waals surface area contributed by atoms with Crippen molar-refractivity contribution in [2.24, 2.45) is 0 Å². The third-order valence-corrected chi connectivity index (χ3v) is 22.1. The molecular formula is C50H60I9N9O21. The van der Waals surface area contributed by atoms with Crippen LogP contribution in [0.15, 0.2) is 0 Å². The quantitative estimate of drug-likeness (QED) is 0.0270. The molecule has 89 heavy (non-hydrogen) atoms. The highest BCUT2D eigenvalue weighted by atomic mass is 127. The van der Waals surface area contributed by atoms with Gasteiger partial charge in [0.1, 0.15) is 0 Å². The van der Waals surface area contributed by atoms with Crippen LogP contribution in [0.2, 0.25) is 0 Å². The Kier molecular flexibility index (Phi) is 35.7. The maximum atomic E-state index is 15.4. The number of anilines is 3. The molecule has 0 aliphatic heterocycles. The van der Waals surface area contributed by atoms with E-state index in [4.69, 9.17) is 0 Å². The van der Waals surface area contributed by atoms with E-state index in [-0.39, 0.29) is 115 Å². The molecule has 0 aromatic heterocycles. The van der Waals surface area contributed by atoms with E-state index in [9.17, 15) is 99.6 Å². The van der Waals surface area contributed by atoms with E-state index >= 15 is 4.79 Å². The zero-order valence-corrected chi connectivity index (χ0v) is 66.0. The van der Waals surface area contributed by atoms with E-state index in [1.54, 1.807) is 203 Å². The fourth-order valence-corrected chi connectivity index (χ4v) is 20.8. The van der Waals surface area contributed by atoms with Crippen molar-refractivity contribution in [3.8, 4) is 0 Å². The zero-order chi connectivity index (χ0) is 67.8. The van der Waals surface area contributed by atoms with Crippen molar-refractivity contribution in [3.63, 3.8) is 0 Å². The van der Waals surface area contributed by atoms with Crippen LogP contribution in [-0.4, -0.2) is 277 Å². The van der Waals surface area contributed by atoms with Crippen molar-refractivity contribution in [1.82, 2.24) is 30.2 Å². The largest absolute Gasteiger partial charge is 0.394 e. The number of amides is 9. The van der Waals surface area contributed by atoms with Gasteiger partial charge in [-0.15, -0.1) is 0 Å². The average molecular weight is 2270 g/mol. The fourth-order valence-electron chi connectivity index (χ4n) is 7.71. The predicted molar refractivity (Wildman–Crippen MR) is 394 cm³/mol. The van der Waals surface area contributed by atoms with Crippen molar-refractivity contribution in [1.29, 1.82) is 0 Å². The number of carbonyl (C=O) groups is 9. The molecule has 9 amide bonds. The summed E-state index contributed by atoms with van der Waals surface area (Å²) in [4.78, 5) is 130. The maximum absolute atomic E-state index is 15.4. The lowest BCUT2D eigenvalue weighted by atomic mass is 10.1. The summed E-state index contributed by atoms with van der Waals surface area (Å²) in [7, 11) is 3.93. The van der Waals surface area contributed by atoms with Crippen LogP contribution < -0.4 is 26.6 Å². The van der Waals surface area contributed by atoms with Gasteiger partial charge in [0.2, 0.25) is 0 Å². The Morgan fingerprint density at radius 1 is 0.360 bits per heavy atom. The minimum atomic E-state index is -1.97. The number of aliphatic hydroxyl groups excluding tert-OH is 12. The number of likely N-dealkylation sites (N-methyl/N-ethyl adjacent to an activating group) is 3. The number of benzene rings is 3. The number of nitrogens with zero attached hydrogens (tertiary/aromatic N) is 4. The summed E-state index contributed by atoms with van der Waals surface area (Å²) in [6.07, 6.45) is -10.1. The summed E-state index contributed by atoms with van der Waals surface area (Å²) in [5.74, 6) is -8.24. The second kappa shape index (κ2) is 38.7. The Labute approximate surface area is 630 Å². The Bertz CT molecular complexity index is 3170. The highest BCUT2D eigenvalue weighted by Gasteiger charge is 2.36. The van der Waals surface area contributed by atoms with E-state index in [1.807, 2.05) is 0 Å². The van der Waals surface area contributed by atoms with Gasteiger partial charge in [-0.1, -0.05) is 0 Å². The van der Waals surface area contributed by atoms with Gasteiger partial charge >= 0.3 is 0 Å². The van der Waals surface area contributed by atoms with E-state index < -0.39 is 149 Å². The molecule has 30 nitrogen and oxygen atoms in total. The lowest BCUT2D eigenvalue weighted by Crippen LogP contribution is -2.42. The summed E-state index contributed by atoms with van der Waals surface area (Å²) >= 11 is 15.7. The summed E-state index contributed by atoms with van der Waals surface area (Å²) in [6.45, 7) is -7.62. The molecule has 0 fully saturated rings. The van der Waals surface area contributed by atoms with E-state index in [0.717, 1.165) is 14.7 Å². The summed E-state index contributed by atoms with van der Waals surface area (Å²) in [5.41, 5.74) is -1.44. The van der Waals surface area contributed by atoms with Gasteiger partial charge in [-0.05, 0) is 210 Å². The van der Waals surface area contributed by atoms with Crippen LogP contribution in [0, 0.1) is 32.1 Å². The molecule has 0 heterocycles. The SMILES string of the molecule is CN(CC(O)CO)C(=O)c1c(I)c(NC(=O)C(O)CO)c(I)c(C(=O)NCCCN(CCNC(=O)c2c(I)c(NC(=O)C(O)CO)c(I)c(C(=O)N(C)CC(O)CO)c2I)C(=O)c2c(I)c(NC(=O)C(O)CO)c(I)c(C(=O)N(C)CC(O)CO)c2I)c1I. The van der Waals surface area contributed by atoms with Crippen LogP contribution in [-0.2, 0) is 14.4 Å². The number of carbonyl (C=O) groups excluding carboxylic acids is 9. The van der Waals surface area contributed by atoms with Crippen molar-refractivity contribution < 1.29 is 104 Å². The van der Waals surface area contributed by atoms with Gasteiger partial charge in [-0.3, -0.25) is 43.2 Å². The lowest BCUT2D eigenvalue weighted by molar-refractivity contribution is -0.126. The highest BCUT2D eigenvalue weighted by molar-refractivity contribution is 14.1. The number of halogens is 9. The van der Waals surface area contributed by atoms with Gasteiger partial charge < -0.3 is 107 Å². The molecule has 0 saturated heterocycles. The van der Waals surface area contributed by atoms with Crippen LogP contribution in [0.4, 0.5) is 17.1 Å². The number of nitrogens with one attached hydrogen (secondary N) is 5. The van der Waals surface area contributed by atoms with E-state index in [2.05, 4.69) is 26.6 Å². The second-order valence-corrected chi connectivity index (χ2v) is 28.7. The molecule has 0 bridgehead atoms. The molecule has 6 atom stereocenters. The van der Waals surface area contributed by atoms with Gasteiger partial charge in [-0.25, -0.2) is 0 Å². The van der Waals surface area contributed by atoms with Crippen molar-refractivity contribution >= 4 is 274 Å². The van der Waals surface area contributed by atoms with Crippen LogP contribution in [0.1, 0.15) is 68.6 Å².